The van der Waals surface area contributed by atoms with Crippen LogP contribution < -0.4 is 5.32 Å². The highest BCUT2D eigenvalue weighted by molar-refractivity contribution is 5.14. The lowest BCUT2D eigenvalue weighted by Gasteiger charge is -2.31. The number of methoxy groups -OCH3 is 1. The molecule has 1 aliphatic carbocycles. The minimum absolute atomic E-state index is 0.0358. The summed E-state index contributed by atoms with van der Waals surface area (Å²) in [5, 5.41) is 3.41. The number of allylic oxidation sites excluding steroid dienone is 1. The number of rotatable bonds is 5. The van der Waals surface area contributed by atoms with Crippen molar-refractivity contribution in [3.63, 3.8) is 0 Å². The van der Waals surface area contributed by atoms with Crippen molar-refractivity contribution in [2.75, 3.05) is 14.2 Å². The molecule has 15 heavy (non-hydrogen) atoms. The van der Waals surface area contributed by atoms with Gasteiger partial charge in [0.25, 0.3) is 0 Å². The molecule has 2 heteroatoms. The van der Waals surface area contributed by atoms with Crippen molar-refractivity contribution in [1.82, 2.24) is 5.32 Å². The first-order valence-electron chi connectivity index (χ1n) is 6.00. The van der Waals surface area contributed by atoms with Crippen LogP contribution in [0.1, 0.15) is 46.0 Å². The van der Waals surface area contributed by atoms with Crippen LogP contribution in [0.4, 0.5) is 0 Å². The van der Waals surface area contributed by atoms with Crippen molar-refractivity contribution in [1.29, 1.82) is 0 Å². The number of likely N-dealkylation sites (N-methyl/N-ethyl adjacent to an activating group) is 1. The fourth-order valence-electron chi connectivity index (χ4n) is 2.17. The van der Waals surface area contributed by atoms with E-state index in [1.807, 2.05) is 7.05 Å². The number of ether oxygens (including phenoxy) is 1. The third-order valence-electron chi connectivity index (χ3n) is 3.37. The van der Waals surface area contributed by atoms with Crippen molar-refractivity contribution in [2.45, 2.75) is 57.6 Å². The average molecular weight is 211 g/mol. The summed E-state index contributed by atoms with van der Waals surface area (Å²) in [6.07, 6.45) is 8.67. The minimum Gasteiger partial charge on any atom is -0.379 e. The first-order valence-corrected chi connectivity index (χ1v) is 6.00. The molecule has 88 valence electrons. The number of nitrogens with one attached hydrogen (secondary N) is 1. The van der Waals surface area contributed by atoms with Gasteiger partial charge in [0.2, 0.25) is 0 Å². The van der Waals surface area contributed by atoms with E-state index in [9.17, 15) is 0 Å². The van der Waals surface area contributed by atoms with Crippen LogP contribution in [0.25, 0.3) is 0 Å². The van der Waals surface area contributed by atoms with E-state index in [1.54, 1.807) is 12.7 Å². The zero-order valence-corrected chi connectivity index (χ0v) is 10.6. The van der Waals surface area contributed by atoms with E-state index in [0.717, 1.165) is 6.42 Å². The van der Waals surface area contributed by atoms with Crippen LogP contribution in [0.3, 0.4) is 0 Å². The first kappa shape index (κ1) is 12.7. The Bertz CT molecular complexity index is 221. The Morgan fingerprint density at radius 3 is 2.67 bits per heavy atom. The molecule has 0 aromatic rings. The van der Waals surface area contributed by atoms with Crippen molar-refractivity contribution >= 4 is 0 Å². The molecule has 1 aliphatic rings. The fraction of sp³-hybridized carbons (Fsp3) is 0.846. The maximum absolute atomic E-state index is 5.49. The van der Waals surface area contributed by atoms with Crippen LogP contribution in [0.2, 0.25) is 0 Å². The van der Waals surface area contributed by atoms with Gasteiger partial charge in [-0.3, -0.25) is 0 Å². The molecule has 0 amide bonds. The third kappa shape index (κ3) is 3.96. The highest BCUT2D eigenvalue weighted by Crippen LogP contribution is 2.26. The van der Waals surface area contributed by atoms with E-state index in [4.69, 9.17) is 4.74 Å². The molecule has 0 aliphatic heterocycles. The molecule has 1 N–H and O–H groups in total. The molecular formula is C13H25NO. The highest BCUT2D eigenvalue weighted by atomic mass is 16.5. The van der Waals surface area contributed by atoms with Crippen LogP contribution in [-0.2, 0) is 4.74 Å². The van der Waals surface area contributed by atoms with Gasteiger partial charge < -0.3 is 10.1 Å². The number of hydrogen-bond acceptors (Lipinski definition) is 2. The van der Waals surface area contributed by atoms with Gasteiger partial charge in [-0.1, -0.05) is 11.6 Å². The lowest BCUT2D eigenvalue weighted by Crippen LogP contribution is -2.37. The molecule has 0 aromatic carbocycles. The maximum Gasteiger partial charge on any atom is 0.0640 e. The SMILES string of the molecule is CNC(CC(C)(C)OC)C1=CCCCC1. The largest absolute Gasteiger partial charge is 0.379 e. The Morgan fingerprint density at radius 1 is 1.47 bits per heavy atom. The van der Waals surface area contributed by atoms with Crippen molar-refractivity contribution in [3.8, 4) is 0 Å². The Balaban J connectivity index is 2.58. The van der Waals surface area contributed by atoms with E-state index in [1.165, 1.54) is 25.7 Å². The predicted octanol–water partition coefficient (Wildman–Crippen LogP) is 2.89. The molecule has 1 rings (SSSR count). The summed E-state index contributed by atoms with van der Waals surface area (Å²) < 4.78 is 5.49. The Labute approximate surface area is 94.1 Å². The molecule has 0 bridgehead atoms. The molecule has 2 nitrogen and oxygen atoms in total. The van der Waals surface area contributed by atoms with Crippen LogP contribution >= 0.6 is 0 Å². The number of hydrogen-bond donors (Lipinski definition) is 1. The van der Waals surface area contributed by atoms with Gasteiger partial charge in [0.05, 0.1) is 5.60 Å². The molecule has 0 radical (unpaired) electrons. The first-order chi connectivity index (χ1) is 7.09. The van der Waals surface area contributed by atoms with Crippen LogP contribution in [0.15, 0.2) is 11.6 Å². The maximum atomic E-state index is 5.49. The molecule has 1 atom stereocenters. The van der Waals surface area contributed by atoms with Crippen molar-refractivity contribution in [3.05, 3.63) is 11.6 Å². The fourth-order valence-corrected chi connectivity index (χ4v) is 2.17. The van der Waals surface area contributed by atoms with Gasteiger partial charge in [-0.15, -0.1) is 0 Å². The summed E-state index contributed by atoms with van der Waals surface area (Å²) in [4.78, 5) is 0. The van der Waals surface area contributed by atoms with Crippen molar-refractivity contribution < 1.29 is 4.74 Å². The summed E-state index contributed by atoms with van der Waals surface area (Å²) in [7, 11) is 3.84. The third-order valence-corrected chi connectivity index (χ3v) is 3.37. The highest BCUT2D eigenvalue weighted by Gasteiger charge is 2.24. The summed E-state index contributed by atoms with van der Waals surface area (Å²) in [5.41, 5.74) is 1.54. The van der Waals surface area contributed by atoms with Gasteiger partial charge in [-0.25, -0.2) is 0 Å². The standard InChI is InChI=1S/C13H25NO/c1-13(2,15-4)10-12(14-3)11-8-6-5-7-9-11/h8,12,14H,5-7,9-10H2,1-4H3. The Morgan fingerprint density at radius 2 is 2.20 bits per heavy atom. The smallest absolute Gasteiger partial charge is 0.0640 e. The topological polar surface area (TPSA) is 21.3 Å². The van der Waals surface area contributed by atoms with Crippen LogP contribution in [0, 0.1) is 0 Å². The molecule has 0 fully saturated rings. The lowest BCUT2D eigenvalue weighted by atomic mass is 9.87. The van der Waals surface area contributed by atoms with Gasteiger partial charge in [0, 0.05) is 13.2 Å². The quantitative estimate of drug-likeness (QED) is 0.706. The van der Waals surface area contributed by atoms with E-state index >= 15 is 0 Å². The second-order valence-corrected chi connectivity index (χ2v) is 5.03. The minimum atomic E-state index is -0.0358. The summed E-state index contributed by atoms with van der Waals surface area (Å²) in [6.45, 7) is 4.31. The zero-order chi connectivity index (χ0) is 11.3. The second-order valence-electron chi connectivity index (χ2n) is 5.03. The van der Waals surface area contributed by atoms with Gasteiger partial charge >= 0.3 is 0 Å². The van der Waals surface area contributed by atoms with Gasteiger partial charge in [-0.2, -0.15) is 0 Å². The molecule has 0 spiro atoms. The summed E-state index contributed by atoms with van der Waals surface area (Å²) in [6, 6.07) is 0.486. The second kappa shape index (κ2) is 5.66. The van der Waals surface area contributed by atoms with Gasteiger partial charge in [0.15, 0.2) is 0 Å². The van der Waals surface area contributed by atoms with Gasteiger partial charge in [0.1, 0.15) is 0 Å². The summed E-state index contributed by atoms with van der Waals surface area (Å²) in [5.74, 6) is 0. The summed E-state index contributed by atoms with van der Waals surface area (Å²) >= 11 is 0. The average Bonchev–Trinajstić information content (AvgIpc) is 2.27. The molecular weight excluding hydrogens is 186 g/mol. The zero-order valence-electron chi connectivity index (χ0n) is 10.6. The molecule has 1 unspecified atom stereocenters. The molecule has 0 saturated carbocycles. The molecule has 0 saturated heterocycles. The molecule has 0 heterocycles. The Hall–Kier alpha value is -0.340. The van der Waals surface area contributed by atoms with Crippen molar-refractivity contribution in [2.24, 2.45) is 0 Å². The van der Waals surface area contributed by atoms with E-state index in [0.29, 0.717) is 6.04 Å². The monoisotopic (exact) mass is 211 g/mol. The van der Waals surface area contributed by atoms with Crippen LogP contribution in [0.5, 0.6) is 0 Å². The molecule has 0 aromatic heterocycles. The normalized spacial score (nSPS) is 19.9. The van der Waals surface area contributed by atoms with E-state index in [-0.39, 0.29) is 5.60 Å². The predicted molar refractivity (Wildman–Crippen MR) is 65.1 cm³/mol. The van der Waals surface area contributed by atoms with E-state index in [2.05, 4.69) is 25.2 Å². The van der Waals surface area contributed by atoms with E-state index < -0.39 is 0 Å². The Kier molecular flexibility index (Phi) is 4.81. The van der Waals surface area contributed by atoms with Gasteiger partial charge in [-0.05, 0) is 53.0 Å². The van der Waals surface area contributed by atoms with Crippen LogP contribution in [-0.4, -0.2) is 25.8 Å². The lowest BCUT2D eigenvalue weighted by molar-refractivity contribution is 0.0101.